The van der Waals surface area contributed by atoms with Crippen molar-refractivity contribution in [1.29, 1.82) is 0 Å². The molecule has 0 bridgehead atoms. The lowest BCUT2D eigenvalue weighted by Gasteiger charge is -2.24. The summed E-state index contributed by atoms with van der Waals surface area (Å²) in [6.45, 7) is 4.60. The molecule has 1 aliphatic rings. The Morgan fingerprint density at radius 3 is 2.78 bits per heavy atom. The van der Waals surface area contributed by atoms with Crippen LogP contribution >= 0.6 is 0 Å². The molecule has 1 atom stereocenters. The molecule has 1 saturated heterocycles. The Morgan fingerprint density at radius 1 is 1.33 bits per heavy atom. The predicted octanol–water partition coefficient (Wildman–Crippen LogP) is 2.18. The van der Waals surface area contributed by atoms with Gasteiger partial charge in [-0.2, -0.15) is 0 Å². The van der Waals surface area contributed by atoms with E-state index in [1.807, 2.05) is 6.92 Å². The first-order valence-electron chi connectivity index (χ1n) is 6.50. The zero-order valence-corrected chi connectivity index (χ0v) is 10.7. The first kappa shape index (κ1) is 13.2. The number of ether oxygens (including phenoxy) is 1. The number of hydrogen-bond donors (Lipinski definition) is 3. The van der Waals surface area contributed by atoms with E-state index >= 15 is 0 Å². The van der Waals surface area contributed by atoms with Crippen LogP contribution in [-0.2, 0) is 4.74 Å². The second-order valence-electron chi connectivity index (χ2n) is 4.93. The summed E-state index contributed by atoms with van der Waals surface area (Å²) < 4.78 is 5.33. The lowest BCUT2D eigenvalue weighted by molar-refractivity contribution is 0.0656. The van der Waals surface area contributed by atoms with Gasteiger partial charge < -0.3 is 20.3 Å². The number of hydrogen-bond acceptors (Lipinski definition) is 4. The SMILES string of the molecule is CC(NCC1CCOCC1)c1cc(O)ccc1O. The van der Waals surface area contributed by atoms with E-state index < -0.39 is 0 Å². The van der Waals surface area contributed by atoms with Crippen LogP contribution < -0.4 is 5.32 Å². The monoisotopic (exact) mass is 251 g/mol. The highest BCUT2D eigenvalue weighted by molar-refractivity contribution is 5.40. The van der Waals surface area contributed by atoms with E-state index in [1.165, 1.54) is 12.1 Å². The zero-order valence-electron chi connectivity index (χ0n) is 10.7. The van der Waals surface area contributed by atoms with Crippen LogP contribution in [0, 0.1) is 5.92 Å². The molecule has 0 amide bonds. The van der Waals surface area contributed by atoms with E-state index in [0.717, 1.165) is 38.2 Å². The number of nitrogens with one attached hydrogen (secondary N) is 1. The lowest BCUT2D eigenvalue weighted by atomic mass is 9.99. The van der Waals surface area contributed by atoms with Crippen LogP contribution in [0.1, 0.15) is 31.4 Å². The molecule has 3 N–H and O–H groups in total. The van der Waals surface area contributed by atoms with Crippen LogP contribution in [-0.4, -0.2) is 30.0 Å². The van der Waals surface area contributed by atoms with Gasteiger partial charge in [0.2, 0.25) is 0 Å². The van der Waals surface area contributed by atoms with Crippen molar-refractivity contribution >= 4 is 0 Å². The van der Waals surface area contributed by atoms with Crippen molar-refractivity contribution in [2.24, 2.45) is 5.92 Å². The number of phenols is 2. The first-order chi connectivity index (χ1) is 8.66. The average molecular weight is 251 g/mol. The second kappa shape index (κ2) is 6.07. The van der Waals surface area contributed by atoms with Gasteiger partial charge in [0, 0.05) is 24.8 Å². The molecule has 2 rings (SSSR count). The van der Waals surface area contributed by atoms with Gasteiger partial charge in [0.25, 0.3) is 0 Å². The van der Waals surface area contributed by atoms with Gasteiger partial charge in [-0.25, -0.2) is 0 Å². The van der Waals surface area contributed by atoms with E-state index in [0.29, 0.717) is 5.92 Å². The highest BCUT2D eigenvalue weighted by atomic mass is 16.5. The van der Waals surface area contributed by atoms with Gasteiger partial charge >= 0.3 is 0 Å². The smallest absolute Gasteiger partial charge is 0.120 e. The third kappa shape index (κ3) is 3.37. The molecule has 1 aromatic rings. The Labute approximate surface area is 108 Å². The zero-order chi connectivity index (χ0) is 13.0. The molecule has 0 radical (unpaired) electrons. The highest BCUT2D eigenvalue weighted by Gasteiger charge is 2.16. The largest absolute Gasteiger partial charge is 0.508 e. The number of aromatic hydroxyl groups is 2. The fourth-order valence-electron chi connectivity index (χ4n) is 2.29. The molecule has 0 aromatic heterocycles. The van der Waals surface area contributed by atoms with Gasteiger partial charge in [-0.3, -0.25) is 0 Å². The van der Waals surface area contributed by atoms with Crippen LogP contribution in [0.3, 0.4) is 0 Å². The third-order valence-electron chi connectivity index (χ3n) is 3.53. The van der Waals surface area contributed by atoms with E-state index in [9.17, 15) is 10.2 Å². The Balaban J connectivity index is 1.90. The minimum Gasteiger partial charge on any atom is -0.508 e. The van der Waals surface area contributed by atoms with Crippen molar-refractivity contribution in [3.05, 3.63) is 23.8 Å². The first-order valence-corrected chi connectivity index (χ1v) is 6.50. The molecule has 1 fully saturated rings. The molecule has 0 saturated carbocycles. The molecule has 1 aliphatic heterocycles. The van der Waals surface area contributed by atoms with Gasteiger partial charge in [-0.1, -0.05) is 0 Å². The summed E-state index contributed by atoms with van der Waals surface area (Å²) >= 11 is 0. The number of benzene rings is 1. The van der Waals surface area contributed by atoms with E-state index in [-0.39, 0.29) is 17.5 Å². The Bertz CT molecular complexity index is 389. The molecular formula is C14H21NO3. The minimum atomic E-state index is 0.0277. The molecule has 18 heavy (non-hydrogen) atoms. The molecule has 1 unspecified atom stereocenters. The van der Waals surface area contributed by atoms with Crippen molar-refractivity contribution in [2.45, 2.75) is 25.8 Å². The topological polar surface area (TPSA) is 61.7 Å². The Kier molecular flexibility index (Phi) is 4.44. The fraction of sp³-hybridized carbons (Fsp3) is 0.571. The van der Waals surface area contributed by atoms with Gasteiger partial charge in [-0.05, 0) is 50.4 Å². The Hall–Kier alpha value is -1.26. The minimum absolute atomic E-state index is 0.0277. The van der Waals surface area contributed by atoms with E-state index in [2.05, 4.69) is 5.32 Å². The van der Waals surface area contributed by atoms with Crippen LogP contribution in [0.2, 0.25) is 0 Å². The maximum absolute atomic E-state index is 9.77. The van der Waals surface area contributed by atoms with Crippen LogP contribution in [0.25, 0.3) is 0 Å². The predicted molar refractivity (Wildman–Crippen MR) is 69.7 cm³/mol. The second-order valence-corrected chi connectivity index (χ2v) is 4.93. The van der Waals surface area contributed by atoms with E-state index in [1.54, 1.807) is 6.07 Å². The van der Waals surface area contributed by atoms with Crippen molar-refractivity contribution in [1.82, 2.24) is 5.32 Å². The summed E-state index contributed by atoms with van der Waals surface area (Å²) in [5, 5.41) is 22.6. The lowest BCUT2D eigenvalue weighted by Crippen LogP contribution is -2.29. The Morgan fingerprint density at radius 2 is 2.06 bits per heavy atom. The molecule has 4 heteroatoms. The molecule has 1 aromatic carbocycles. The van der Waals surface area contributed by atoms with Crippen molar-refractivity contribution in [3.8, 4) is 11.5 Å². The fourth-order valence-corrected chi connectivity index (χ4v) is 2.29. The van der Waals surface area contributed by atoms with Gasteiger partial charge in [-0.15, -0.1) is 0 Å². The van der Waals surface area contributed by atoms with Crippen molar-refractivity contribution in [2.75, 3.05) is 19.8 Å². The van der Waals surface area contributed by atoms with Crippen LogP contribution in [0.4, 0.5) is 0 Å². The van der Waals surface area contributed by atoms with Crippen LogP contribution in [0.5, 0.6) is 11.5 Å². The summed E-state index contributed by atoms with van der Waals surface area (Å²) in [4.78, 5) is 0. The average Bonchev–Trinajstić information content (AvgIpc) is 2.40. The third-order valence-corrected chi connectivity index (χ3v) is 3.53. The van der Waals surface area contributed by atoms with Gasteiger partial charge in [0.15, 0.2) is 0 Å². The summed E-state index contributed by atoms with van der Waals surface area (Å²) in [5.41, 5.74) is 0.738. The molecular weight excluding hydrogens is 230 g/mol. The molecule has 0 spiro atoms. The maximum atomic E-state index is 9.77. The summed E-state index contributed by atoms with van der Waals surface area (Å²) in [5.74, 6) is 1.04. The van der Waals surface area contributed by atoms with Gasteiger partial charge in [0.1, 0.15) is 11.5 Å². The summed E-state index contributed by atoms with van der Waals surface area (Å²) in [6.07, 6.45) is 2.18. The molecule has 0 aliphatic carbocycles. The van der Waals surface area contributed by atoms with Gasteiger partial charge in [0.05, 0.1) is 0 Å². The quantitative estimate of drug-likeness (QED) is 0.718. The summed E-state index contributed by atoms with van der Waals surface area (Å²) in [6, 6.07) is 4.65. The van der Waals surface area contributed by atoms with E-state index in [4.69, 9.17) is 4.74 Å². The molecule has 100 valence electrons. The number of phenolic OH excluding ortho intramolecular Hbond substituents is 2. The van der Waals surface area contributed by atoms with Crippen LogP contribution in [0.15, 0.2) is 18.2 Å². The standard InChI is InChI=1S/C14H21NO3/c1-10(13-8-12(16)2-3-14(13)17)15-9-11-4-6-18-7-5-11/h2-3,8,10-11,15-17H,4-7,9H2,1H3. The summed E-state index contributed by atoms with van der Waals surface area (Å²) in [7, 11) is 0. The van der Waals surface area contributed by atoms with Crippen molar-refractivity contribution in [3.63, 3.8) is 0 Å². The van der Waals surface area contributed by atoms with Crippen molar-refractivity contribution < 1.29 is 14.9 Å². The highest BCUT2D eigenvalue weighted by Crippen LogP contribution is 2.28. The molecule has 1 heterocycles. The maximum Gasteiger partial charge on any atom is 0.120 e. The normalized spacial score (nSPS) is 18.7. The molecule has 4 nitrogen and oxygen atoms in total. The number of rotatable bonds is 4.